The van der Waals surface area contributed by atoms with Gasteiger partial charge in [0.1, 0.15) is 0 Å². The van der Waals surface area contributed by atoms with Crippen molar-refractivity contribution in [3.05, 3.63) is 11.8 Å². The Kier molecular flexibility index (Phi) is 8.72. The van der Waals surface area contributed by atoms with Crippen LogP contribution >= 0.6 is 0 Å². The molecule has 0 aromatic rings. The van der Waals surface area contributed by atoms with E-state index in [-0.39, 0.29) is 0 Å². The van der Waals surface area contributed by atoms with Crippen LogP contribution < -0.4 is 0 Å². The minimum Gasteiger partial charge on any atom is -0.548 e. The molecule has 0 aromatic carbocycles. The molecule has 0 unspecified atom stereocenters. The predicted molar refractivity (Wildman–Crippen MR) is 76.2 cm³/mol. The Morgan fingerprint density at radius 2 is 1.62 bits per heavy atom. The monoisotopic (exact) mass is 242 g/mol. The van der Waals surface area contributed by atoms with Gasteiger partial charge in [0.25, 0.3) is 0 Å². The average molecular weight is 242 g/mol. The molecule has 0 saturated heterocycles. The zero-order chi connectivity index (χ0) is 12.4. The Morgan fingerprint density at radius 1 is 1.00 bits per heavy atom. The lowest BCUT2D eigenvalue weighted by Gasteiger charge is -2.22. The number of allylic oxidation sites excluding steroid dienone is 2. The van der Waals surface area contributed by atoms with E-state index in [1.807, 2.05) is 0 Å². The van der Waals surface area contributed by atoms with Gasteiger partial charge in [0.2, 0.25) is 8.32 Å². The molecular formula is C14H30OSi. The van der Waals surface area contributed by atoms with E-state index in [1.54, 1.807) is 0 Å². The lowest BCUT2D eigenvalue weighted by Crippen LogP contribution is -2.24. The molecule has 0 fully saturated rings. The van der Waals surface area contributed by atoms with Gasteiger partial charge in [-0.2, -0.15) is 0 Å². The third-order valence-corrected chi connectivity index (χ3v) is 3.27. The van der Waals surface area contributed by atoms with Gasteiger partial charge in [-0.25, -0.2) is 0 Å². The summed E-state index contributed by atoms with van der Waals surface area (Å²) in [5.41, 5.74) is 0. The highest BCUT2D eigenvalue weighted by Crippen LogP contribution is 2.18. The molecule has 16 heavy (non-hydrogen) atoms. The molecule has 0 heterocycles. The number of hydrogen-bond donors (Lipinski definition) is 0. The third-order valence-electron chi connectivity index (χ3n) is 2.39. The second kappa shape index (κ2) is 8.86. The largest absolute Gasteiger partial charge is 0.548 e. The Bertz CT molecular complexity index is 191. The van der Waals surface area contributed by atoms with Crippen LogP contribution in [-0.4, -0.2) is 8.32 Å². The zero-order valence-corrected chi connectivity index (χ0v) is 12.9. The topological polar surface area (TPSA) is 9.23 Å². The van der Waals surface area contributed by atoms with Crippen molar-refractivity contribution >= 4 is 8.32 Å². The van der Waals surface area contributed by atoms with Crippen molar-refractivity contribution in [2.45, 2.75) is 78.4 Å². The van der Waals surface area contributed by atoms with Crippen LogP contribution in [0.1, 0.15) is 58.8 Å². The summed E-state index contributed by atoms with van der Waals surface area (Å²) >= 11 is 0. The minimum atomic E-state index is -1.41. The molecule has 0 atom stereocenters. The van der Waals surface area contributed by atoms with Gasteiger partial charge < -0.3 is 4.43 Å². The highest BCUT2D eigenvalue weighted by Gasteiger charge is 2.17. The highest BCUT2D eigenvalue weighted by molar-refractivity contribution is 6.70. The Labute approximate surface area is 103 Å². The summed E-state index contributed by atoms with van der Waals surface area (Å²) in [4.78, 5) is 0. The molecule has 0 radical (unpaired) electrons. The molecule has 1 nitrogen and oxygen atoms in total. The molecule has 0 rings (SSSR count). The molecule has 96 valence electrons. The van der Waals surface area contributed by atoms with E-state index >= 15 is 0 Å². The second-order valence-electron chi connectivity index (χ2n) is 5.48. The molecule has 0 aliphatic rings. The Hall–Kier alpha value is -0.243. The molecule has 0 amide bonds. The summed E-state index contributed by atoms with van der Waals surface area (Å²) in [6.07, 6.45) is 11.1. The Balaban J connectivity index is 4.10. The normalized spacial score (nSPS) is 12.9. The van der Waals surface area contributed by atoms with Gasteiger partial charge in [-0.1, -0.05) is 33.1 Å². The van der Waals surface area contributed by atoms with Crippen LogP contribution in [0, 0.1) is 0 Å². The highest BCUT2D eigenvalue weighted by atomic mass is 28.4. The van der Waals surface area contributed by atoms with Crippen LogP contribution in [0.3, 0.4) is 0 Å². The lowest BCUT2D eigenvalue weighted by atomic mass is 10.1. The first kappa shape index (κ1) is 15.8. The SMILES string of the molecule is CCCC/C=C(/CCCCC)O[Si](C)(C)C. The van der Waals surface area contributed by atoms with Gasteiger partial charge >= 0.3 is 0 Å². The van der Waals surface area contributed by atoms with E-state index < -0.39 is 8.32 Å². The fourth-order valence-electron chi connectivity index (χ4n) is 1.60. The maximum absolute atomic E-state index is 6.13. The first-order valence-corrected chi connectivity index (χ1v) is 10.3. The molecule has 2 heteroatoms. The van der Waals surface area contributed by atoms with Crippen LogP contribution in [0.4, 0.5) is 0 Å². The van der Waals surface area contributed by atoms with Gasteiger partial charge in [-0.3, -0.25) is 0 Å². The van der Waals surface area contributed by atoms with Crippen molar-refractivity contribution in [2.75, 3.05) is 0 Å². The van der Waals surface area contributed by atoms with E-state index in [1.165, 1.54) is 44.3 Å². The van der Waals surface area contributed by atoms with Crippen molar-refractivity contribution in [2.24, 2.45) is 0 Å². The van der Waals surface area contributed by atoms with E-state index in [2.05, 4.69) is 39.6 Å². The number of hydrogen-bond acceptors (Lipinski definition) is 1. The van der Waals surface area contributed by atoms with E-state index in [0.717, 1.165) is 6.42 Å². The summed E-state index contributed by atoms with van der Waals surface area (Å²) in [6.45, 7) is 11.3. The standard InChI is InChI=1S/C14H30OSi/c1-6-8-10-12-14(13-11-9-7-2)15-16(3,4)5/h12H,6-11,13H2,1-5H3/b14-12-. The van der Waals surface area contributed by atoms with Gasteiger partial charge in [-0.05, 0) is 45.0 Å². The van der Waals surface area contributed by atoms with Gasteiger partial charge in [-0.15, -0.1) is 0 Å². The van der Waals surface area contributed by atoms with Crippen LogP contribution in [-0.2, 0) is 4.43 Å². The zero-order valence-electron chi connectivity index (χ0n) is 11.9. The predicted octanol–water partition coefficient (Wildman–Crippen LogP) is 5.49. The van der Waals surface area contributed by atoms with Crippen LogP contribution in [0.5, 0.6) is 0 Å². The molecule has 0 bridgehead atoms. The molecule has 0 N–H and O–H groups in total. The van der Waals surface area contributed by atoms with E-state index in [4.69, 9.17) is 4.43 Å². The average Bonchev–Trinajstić information content (AvgIpc) is 2.16. The smallest absolute Gasteiger partial charge is 0.241 e. The van der Waals surface area contributed by atoms with Crippen molar-refractivity contribution in [1.29, 1.82) is 0 Å². The molecule has 0 saturated carbocycles. The molecule has 0 spiro atoms. The summed E-state index contributed by atoms with van der Waals surface area (Å²) < 4.78 is 6.13. The quantitative estimate of drug-likeness (QED) is 0.295. The van der Waals surface area contributed by atoms with E-state index in [9.17, 15) is 0 Å². The fourth-order valence-corrected chi connectivity index (χ4v) is 2.58. The minimum absolute atomic E-state index is 1.14. The van der Waals surface area contributed by atoms with Crippen LogP contribution in [0.25, 0.3) is 0 Å². The molecular weight excluding hydrogens is 212 g/mol. The first-order valence-electron chi connectivity index (χ1n) is 6.87. The molecule has 0 aliphatic heterocycles. The number of rotatable bonds is 9. The number of unbranched alkanes of at least 4 members (excludes halogenated alkanes) is 4. The maximum atomic E-state index is 6.13. The van der Waals surface area contributed by atoms with Crippen LogP contribution in [0.2, 0.25) is 19.6 Å². The van der Waals surface area contributed by atoms with E-state index in [0.29, 0.717) is 0 Å². The summed E-state index contributed by atoms with van der Waals surface area (Å²) in [5, 5.41) is 0. The molecule has 0 aliphatic carbocycles. The summed E-state index contributed by atoms with van der Waals surface area (Å²) in [7, 11) is -1.41. The maximum Gasteiger partial charge on any atom is 0.241 e. The van der Waals surface area contributed by atoms with Gasteiger partial charge in [0.05, 0.1) is 5.76 Å². The lowest BCUT2D eigenvalue weighted by molar-refractivity contribution is 0.389. The van der Waals surface area contributed by atoms with Gasteiger partial charge in [0.15, 0.2) is 0 Å². The third kappa shape index (κ3) is 10.3. The fraction of sp³-hybridized carbons (Fsp3) is 0.857. The van der Waals surface area contributed by atoms with Crippen molar-refractivity contribution < 1.29 is 4.43 Å². The first-order chi connectivity index (χ1) is 7.49. The second-order valence-corrected chi connectivity index (χ2v) is 9.91. The van der Waals surface area contributed by atoms with Crippen molar-refractivity contribution in [3.8, 4) is 0 Å². The molecule has 0 aromatic heterocycles. The van der Waals surface area contributed by atoms with Crippen molar-refractivity contribution in [1.82, 2.24) is 0 Å². The van der Waals surface area contributed by atoms with Crippen LogP contribution in [0.15, 0.2) is 11.8 Å². The summed E-state index contributed by atoms with van der Waals surface area (Å²) in [6, 6.07) is 0. The summed E-state index contributed by atoms with van der Waals surface area (Å²) in [5.74, 6) is 1.26. The van der Waals surface area contributed by atoms with Gasteiger partial charge in [0, 0.05) is 6.42 Å². The van der Waals surface area contributed by atoms with Crippen molar-refractivity contribution in [3.63, 3.8) is 0 Å². The Morgan fingerprint density at radius 3 is 2.12 bits per heavy atom.